The topological polar surface area (TPSA) is 78.5 Å². The minimum absolute atomic E-state index is 0.0429. The summed E-state index contributed by atoms with van der Waals surface area (Å²) in [6, 6.07) is 10.6. The van der Waals surface area contributed by atoms with Gasteiger partial charge in [0.1, 0.15) is 0 Å². The Morgan fingerprint density at radius 3 is 2.86 bits per heavy atom. The third-order valence-corrected chi connectivity index (χ3v) is 5.41. The van der Waals surface area contributed by atoms with Crippen LogP contribution in [-0.2, 0) is 9.59 Å². The van der Waals surface area contributed by atoms with Crippen LogP contribution in [0.3, 0.4) is 0 Å². The van der Waals surface area contributed by atoms with Gasteiger partial charge in [0.05, 0.1) is 17.3 Å². The molecule has 6 nitrogen and oxygen atoms in total. The second-order valence-electron chi connectivity index (χ2n) is 6.56. The van der Waals surface area contributed by atoms with Crippen molar-refractivity contribution in [3.63, 3.8) is 0 Å². The lowest BCUT2D eigenvalue weighted by Crippen LogP contribution is -2.46. The summed E-state index contributed by atoms with van der Waals surface area (Å²) in [5.41, 5.74) is 1.25. The zero-order valence-electron chi connectivity index (χ0n) is 15.3. The smallest absolute Gasteiger partial charge is 0.263 e. The lowest BCUT2D eigenvalue weighted by molar-refractivity contribution is -0.128. The van der Waals surface area contributed by atoms with E-state index in [1.165, 1.54) is 11.3 Å². The van der Waals surface area contributed by atoms with Gasteiger partial charge >= 0.3 is 0 Å². The summed E-state index contributed by atoms with van der Waals surface area (Å²) < 4.78 is 0. The molecule has 1 unspecified atom stereocenters. The molecule has 2 heterocycles. The first kappa shape index (κ1) is 19.6. The Kier molecular flexibility index (Phi) is 6.45. The maximum absolute atomic E-state index is 12.5. The normalized spacial score (nSPS) is 16.1. The number of thiophene rings is 1. The lowest BCUT2D eigenvalue weighted by atomic mass is 9.97. The molecule has 0 spiro atoms. The number of benzene rings is 1. The third-order valence-electron chi connectivity index (χ3n) is 4.55. The molecular weight excluding hydrogens is 374 g/mol. The number of piperidine rings is 1. The van der Waals surface area contributed by atoms with Crippen molar-refractivity contribution in [3.05, 3.63) is 52.2 Å². The van der Waals surface area contributed by atoms with Gasteiger partial charge < -0.3 is 15.5 Å². The monoisotopic (exact) mass is 395 g/mol. The Balaban J connectivity index is 1.49. The first-order valence-electron chi connectivity index (χ1n) is 9.04. The molecule has 144 valence electrons. The highest BCUT2D eigenvalue weighted by molar-refractivity contribution is 7.12. The molecule has 2 N–H and O–H groups in total. The van der Waals surface area contributed by atoms with Gasteiger partial charge in [0, 0.05) is 24.3 Å². The maximum atomic E-state index is 12.5. The van der Waals surface area contributed by atoms with E-state index < -0.39 is 0 Å². The van der Waals surface area contributed by atoms with Crippen LogP contribution >= 0.6 is 11.3 Å². The maximum Gasteiger partial charge on any atom is 0.263 e. The van der Waals surface area contributed by atoms with Crippen LogP contribution in [0.4, 0.5) is 5.69 Å². The molecule has 2 aromatic rings. The minimum Gasteiger partial charge on any atom is -0.347 e. The van der Waals surface area contributed by atoms with Gasteiger partial charge in [-0.25, -0.2) is 0 Å². The fourth-order valence-electron chi connectivity index (χ4n) is 3.14. The van der Waals surface area contributed by atoms with E-state index in [4.69, 9.17) is 6.42 Å². The van der Waals surface area contributed by atoms with Crippen LogP contribution in [0.25, 0.3) is 0 Å². The van der Waals surface area contributed by atoms with Crippen molar-refractivity contribution in [1.29, 1.82) is 0 Å². The molecule has 1 aliphatic rings. The van der Waals surface area contributed by atoms with Crippen molar-refractivity contribution in [2.24, 2.45) is 5.92 Å². The zero-order valence-corrected chi connectivity index (χ0v) is 16.1. The number of terminal acetylenes is 1. The zero-order chi connectivity index (χ0) is 19.9. The number of rotatable bonds is 5. The number of nitrogens with zero attached hydrogens (tertiary/aromatic N) is 1. The molecule has 1 saturated heterocycles. The standard InChI is InChI=1S/C21H21N3O3S/c1-2-15-6-3-8-17(12-15)23-19(25)13-22-20(26)16-7-4-10-24(14-16)21(27)18-9-5-11-28-18/h1,3,5-6,8-9,11-12,16H,4,7,10,13-14H2,(H,22,26)(H,23,25). The highest BCUT2D eigenvalue weighted by Crippen LogP contribution is 2.20. The molecule has 7 heteroatoms. The second kappa shape index (κ2) is 9.20. The van der Waals surface area contributed by atoms with E-state index in [9.17, 15) is 14.4 Å². The van der Waals surface area contributed by atoms with Gasteiger partial charge in [-0.2, -0.15) is 0 Å². The molecule has 1 aromatic carbocycles. The van der Waals surface area contributed by atoms with E-state index in [1.54, 1.807) is 35.2 Å². The SMILES string of the molecule is C#Cc1cccc(NC(=O)CNC(=O)C2CCCN(C(=O)c3cccs3)C2)c1. The molecule has 3 amide bonds. The van der Waals surface area contributed by atoms with Gasteiger partial charge in [0.15, 0.2) is 0 Å². The molecule has 0 bridgehead atoms. The molecule has 1 aromatic heterocycles. The summed E-state index contributed by atoms with van der Waals surface area (Å²) >= 11 is 1.39. The van der Waals surface area contributed by atoms with Crippen molar-refractivity contribution < 1.29 is 14.4 Å². The summed E-state index contributed by atoms with van der Waals surface area (Å²) in [6.07, 6.45) is 6.81. The Labute approximate surface area is 167 Å². The number of likely N-dealkylation sites (tertiary alicyclic amines) is 1. The van der Waals surface area contributed by atoms with Crippen LogP contribution in [0.2, 0.25) is 0 Å². The molecule has 0 aliphatic carbocycles. The first-order valence-corrected chi connectivity index (χ1v) is 9.92. The first-order chi connectivity index (χ1) is 13.6. The Hall–Kier alpha value is -3.11. The number of carbonyl (C=O) groups excluding carboxylic acids is 3. The predicted molar refractivity (Wildman–Crippen MR) is 109 cm³/mol. The molecule has 1 atom stereocenters. The molecule has 0 saturated carbocycles. The van der Waals surface area contributed by atoms with E-state index in [2.05, 4.69) is 16.6 Å². The van der Waals surface area contributed by atoms with Gasteiger partial charge in [0.25, 0.3) is 5.91 Å². The quantitative estimate of drug-likeness (QED) is 0.763. The van der Waals surface area contributed by atoms with Gasteiger partial charge in [-0.15, -0.1) is 17.8 Å². The average molecular weight is 395 g/mol. The summed E-state index contributed by atoms with van der Waals surface area (Å²) in [6.45, 7) is 0.884. The van der Waals surface area contributed by atoms with Gasteiger partial charge in [-0.3, -0.25) is 14.4 Å². The van der Waals surface area contributed by atoms with Gasteiger partial charge in [-0.1, -0.05) is 18.1 Å². The molecule has 28 heavy (non-hydrogen) atoms. The average Bonchev–Trinajstić information content (AvgIpc) is 3.26. The largest absolute Gasteiger partial charge is 0.347 e. The van der Waals surface area contributed by atoms with Crippen LogP contribution < -0.4 is 10.6 Å². The van der Waals surface area contributed by atoms with Crippen LogP contribution in [-0.4, -0.2) is 42.3 Å². The van der Waals surface area contributed by atoms with E-state index in [-0.39, 0.29) is 30.2 Å². The van der Waals surface area contributed by atoms with Crippen LogP contribution in [0.15, 0.2) is 41.8 Å². The van der Waals surface area contributed by atoms with Crippen LogP contribution in [0.1, 0.15) is 28.1 Å². The molecular formula is C21H21N3O3S. The fourth-order valence-corrected chi connectivity index (χ4v) is 3.83. The number of hydrogen-bond acceptors (Lipinski definition) is 4. The fraction of sp³-hybridized carbons (Fsp3) is 0.286. The van der Waals surface area contributed by atoms with Gasteiger partial charge in [-0.05, 0) is 42.5 Å². The van der Waals surface area contributed by atoms with Crippen molar-refractivity contribution in [2.45, 2.75) is 12.8 Å². The van der Waals surface area contributed by atoms with E-state index in [0.717, 1.165) is 6.42 Å². The number of amides is 3. The predicted octanol–water partition coefficient (Wildman–Crippen LogP) is 2.34. The van der Waals surface area contributed by atoms with Crippen LogP contribution in [0.5, 0.6) is 0 Å². The molecule has 3 rings (SSSR count). The summed E-state index contributed by atoms with van der Waals surface area (Å²) in [5, 5.41) is 7.24. The third kappa shape index (κ3) is 4.99. The molecule has 1 fully saturated rings. The van der Waals surface area contributed by atoms with Crippen molar-refractivity contribution in [1.82, 2.24) is 10.2 Å². The lowest BCUT2D eigenvalue weighted by Gasteiger charge is -2.31. The molecule has 1 aliphatic heterocycles. The van der Waals surface area contributed by atoms with Gasteiger partial charge in [0.2, 0.25) is 11.8 Å². The summed E-state index contributed by atoms with van der Waals surface area (Å²) in [7, 11) is 0. The summed E-state index contributed by atoms with van der Waals surface area (Å²) in [5.74, 6) is 1.61. The van der Waals surface area contributed by atoms with Crippen molar-refractivity contribution >= 4 is 34.7 Å². The van der Waals surface area contributed by atoms with E-state index in [1.807, 2.05) is 11.4 Å². The van der Waals surface area contributed by atoms with Crippen LogP contribution in [0, 0.1) is 18.3 Å². The Morgan fingerprint density at radius 2 is 2.11 bits per heavy atom. The van der Waals surface area contributed by atoms with Crippen molar-refractivity contribution in [2.75, 3.05) is 25.0 Å². The molecule has 0 radical (unpaired) electrons. The Bertz CT molecular complexity index is 902. The number of hydrogen-bond donors (Lipinski definition) is 2. The number of nitrogens with one attached hydrogen (secondary N) is 2. The number of carbonyl (C=O) groups is 3. The summed E-state index contributed by atoms with van der Waals surface area (Å²) in [4.78, 5) is 39.4. The van der Waals surface area contributed by atoms with E-state index >= 15 is 0 Å². The number of anilines is 1. The highest BCUT2D eigenvalue weighted by Gasteiger charge is 2.29. The minimum atomic E-state index is -0.329. The van der Waals surface area contributed by atoms with E-state index in [0.29, 0.717) is 35.6 Å². The second-order valence-corrected chi connectivity index (χ2v) is 7.51. The van der Waals surface area contributed by atoms with Crippen molar-refractivity contribution in [3.8, 4) is 12.3 Å². The highest BCUT2D eigenvalue weighted by atomic mass is 32.1. The Morgan fingerprint density at radius 1 is 1.25 bits per heavy atom.